The maximum atomic E-state index is 8.82. The van der Waals surface area contributed by atoms with Gasteiger partial charge in [-0.1, -0.05) is 17.7 Å². The molecule has 2 aliphatic rings. The lowest BCUT2D eigenvalue weighted by atomic mass is 10.2. The van der Waals surface area contributed by atoms with E-state index in [1.165, 1.54) is 5.69 Å². The highest BCUT2D eigenvalue weighted by Crippen LogP contribution is 2.52. The van der Waals surface area contributed by atoms with Crippen molar-refractivity contribution in [2.24, 2.45) is 17.8 Å². The molecule has 1 aromatic rings. The first-order chi connectivity index (χ1) is 7.29. The minimum Gasteiger partial charge on any atom is -0.371 e. The summed E-state index contributed by atoms with van der Waals surface area (Å²) < 4.78 is 0. The van der Waals surface area contributed by atoms with Gasteiger partial charge in [-0.25, -0.2) is 0 Å². The van der Waals surface area contributed by atoms with Crippen LogP contribution in [0.4, 0.5) is 5.69 Å². The van der Waals surface area contributed by atoms with Crippen LogP contribution in [-0.2, 0) is 0 Å². The van der Waals surface area contributed by atoms with Crippen LogP contribution in [0.3, 0.4) is 0 Å². The molecule has 0 N–H and O–H groups in total. The summed E-state index contributed by atoms with van der Waals surface area (Å²) >= 11 is 5.95. The predicted molar refractivity (Wildman–Crippen MR) is 59.7 cm³/mol. The molecule has 3 atom stereocenters. The molecule has 1 heterocycles. The smallest absolute Gasteiger partial charge is 0.0663 e. The Morgan fingerprint density at radius 1 is 1.33 bits per heavy atom. The van der Waals surface area contributed by atoms with Gasteiger partial charge in [0, 0.05) is 23.8 Å². The van der Waals surface area contributed by atoms with E-state index < -0.39 is 0 Å². The summed E-state index contributed by atoms with van der Waals surface area (Å²) in [6, 6.07) is 10.3. The van der Waals surface area contributed by atoms with E-state index in [1.807, 2.05) is 18.2 Å². The lowest BCUT2D eigenvalue weighted by molar-refractivity contribution is 0.744. The number of nitriles is 1. The van der Waals surface area contributed by atoms with Gasteiger partial charge in [-0.05, 0) is 30.0 Å². The van der Waals surface area contributed by atoms with Crippen LogP contribution in [0, 0.1) is 29.1 Å². The molecule has 1 aromatic carbocycles. The zero-order valence-electron chi connectivity index (χ0n) is 8.23. The monoisotopic (exact) mass is 218 g/mol. The highest BCUT2D eigenvalue weighted by Gasteiger charge is 2.56. The van der Waals surface area contributed by atoms with Gasteiger partial charge in [0.05, 0.1) is 12.0 Å². The van der Waals surface area contributed by atoms with Crippen molar-refractivity contribution in [1.82, 2.24) is 0 Å². The molecule has 0 spiro atoms. The zero-order valence-corrected chi connectivity index (χ0v) is 8.98. The molecule has 76 valence electrons. The normalized spacial score (nSPS) is 32.3. The van der Waals surface area contributed by atoms with Crippen molar-refractivity contribution in [3.05, 3.63) is 29.3 Å². The molecule has 3 heteroatoms. The Labute approximate surface area is 94.1 Å². The molecule has 1 aliphatic carbocycles. The molecule has 2 nitrogen and oxygen atoms in total. The Hall–Kier alpha value is -1.20. The molecule has 3 rings (SSSR count). The van der Waals surface area contributed by atoms with Crippen LogP contribution in [0.5, 0.6) is 0 Å². The lowest BCUT2D eigenvalue weighted by Crippen LogP contribution is -2.23. The fourth-order valence-corrected chi connectivity index (χ4v) is 2.79. The maximum Gasteiger partial charge on any atom is 0.0663 e. The fraction of sp³-hybridized carbons (Fsp3) is 0.417. The highest BCUT2D eigenvalue weighted by molar-refractivity contribution is 6.30. The quantitative estimate of drug-likeness (QED) is 0.725. The first-order valence-electron chi connectivity index (χ1n) is 5.20. The van der Waals surface area contributed by atoms with Gasteiger partial charge in [0.25, 0.3) is 0 Å². The molecule has 1 aliphatic heterocycles. The van der Waals surface area contributed by atoms with Crippen molar-refractivity contribution in [2.75, 3.05) is 18.0 Å². The minimum atomic E-state index is 0.320. The molecular formula is C12H11ClN2. The van der Waals surface area contributed by atoms with Crippen LogP contribution < -0.4 is 4.90 Å². The van der Waals surface area contributed by atoms with Gasteiger partial charge >= 0.3 is 0 Å². The molecule has 0 radical (unpaired) electrons. The Morgan fingerprint density at radius 2 is 2.07 bits per heavy atom. The van der Waals surface area contributed by atoms with E-state index in [9.17, 15) is 0 Å². The van der Waals surface area contributed by atoms with Gasteiger partial charge in [0.1, 0.15) is 0 Å². The van der Waals surface area contributed by atoms with Gasteiger partial charge in [-0.15, -0.1) is 0 Å². The Balaban J connectivity index is 1.75. The third-order valence-corrected chi connectivity index (χ3v) is 3.75. The number of halogens is 1. The first kappa shape index (κ1) is 9.06. The summed E-state index contributed by atoms with van der Waals surface area (Å²) in [7, 11) is 0. The van der Waals surface area contributed by atoms with Crippen LogP contribution in [0.1, 0.15) is 0 Å². The van der Waals surface area contributed by atoms with Crippen LogP contribution in [-0.4, -0.2) is 13.1 Å². The van der Waals surface area contributed by atoms with E-state index in [4.69, 9.17) is 16.9 Å². The van der Waals surface area contributed by atoms with Crippen molar-refractivity contribution in [3.8, 4) is 6.07 Å². The van der Waals surface area contributed by atoms with E-state index in [-0.39, 0.29) is 0 Å². The van der Waals surface area contributed by atoms with Crippen molar-refractivity contribution in [2.45, 2.75) is 0 Å². The number of piperidine rings is 1. The summed E-state index contributed by atoms with van der Waals surface area (Å²) in [5.74, 6) is 1.53. The number of fused-ring (bicyclic) bond motifs is 1. The largest absolute Gasteiger partial charge is 0.371 e. The van der Waals surface area contributed by atoms with Gasteiger partial charge in [-0.3, -0.25) is 0 Å². The molecule has 0 bridgehead atoms. The second-order valence-electron chi connectivity index (χ2n) is 4.37. The third-order valence-electron chi connectivity index (χ3n) is 3.52. The van der Waals surface area contributed by atoms with E-state index in [0.717, 1.165) is 18.1 Å². The summed E-state index contributed by atoms with van der Waals surface area (Å²) in [5.41, 5.74) is 1.19. The summed E-state index contributed by atoms with van der Waals surface area (Å²) in [5, 5.41) is 9.61. The first-order valence-corrected chi connectivity index (χ1v) is 5.57. The Kier molecular flexibility index (Phi) is 1.90. The highest BCUT2D eigenvalue weighted by atomic mass is 35.5. The molecule has 1 saturated heterocycles. The van der Waals surface area contributed by atoms with Crippen LogP contribution in [0.2, 0.25) is 5.02 Å². The van der Waals surface area contributed by atoms with Gasteiger partial charge in [0.15, 0.2) is 0 Å². The maximum absolute atomic E-state index is 8.82. The Bertz CT molecular complexity index is 425. The standard InChI is InChI=1S/C12H11ClN2/c13-8-2-1-3-9(4-8)15-6-11-10(5-14)12(11)7-15/h1-4,10-12H,6-7H2/t10-,11-,12+. The third kappa shape index (κ3) is 1.39. The summed E-state index contributed by atoms with van der Waals surface area (Å²) in [4.78, 5) is 2.33. The van der Waals surface area contributed by atoms with Gasteiger partial charge in [-0.2, -0.15) is 5.26 Å². The van der Waals surface area contributed by atoms with Crippen molar-refractivity contribution < 1.29 is 0 Å². The number of nitrogens with zero attached hydrogens (tertiary/aromatic N) is 2. The number of hydrogen-bond donors (Lipinski definition) is 0. The second kappa shape index (κ2) is 3.15. The van der Waals surface area contributed by atoms with E-state index in [2.05, 4.69) is 17.0 Å². The lowest BCUT2D eigenvalue weighted by Gasteiger charge is -2.20. The number of anilines is 1. The van der Waals surface area contributed by atoms with Gasteiger partial charge in [0.2, 0.25) is 0 Å². The molecule has 0 aromatic heterocycles. The molecule has 2 fully saturated rings. The molecule has 0 unspecified atom stereocenters. The van der Waals surface area contributed by atoms with E-state index in [0.29, 0.717) is 17.8 Å². The summed E-state index contributed by atoms with van der Waals surface area (Å²) in [6.07, 6.45) is 0. The average Bonchev–Trinajstić information content (AvgIpc) is 2.70. The fourth-order valence-electron chi connectivity index (χ4n) is 2.60. The second-order valence-corrected chi connectivity index (χ2v) is 4.80. The van der Waals surface area contributed by atoms with Crippen molar-refractivity contribution >= 4 is 17.3 Å². The van der Waals surface area contributed by atoms with Crippen LogP contribution in [0.15, 0.2) is 24.3 Å². The number of rotatable bonds is 1. The topological polar surface area (TPSA) is 27.0 Å². The zero-order chi connectivity index (χ0) is 10.4. The molecule has 0 amide bonds. The summed E-state index contributed by atoms with van der Waals surface area (Å²) in [6.45, 7) is 2.03. The number of benzene rings is 1. The van der Waals surface area contributed by atoms with Crippen LogP contribution >= 0.6 is 11.6 Å². The molecule has 1 saturated carbocycles. The predicted octanol–water partition coefficient (Wildman–Crippen LogP) is 2.55. The number of hydrogen-bond acceptors (Lipinski definition) is 2. The average molecular weight is 219 g/mol. The molecule has 15 heavy (non-hydrogen) atoms. The molecular weight excluding hydrogens is 208 g/mol. The SMILES string of the molecule is N#C[C@@H]1[C@H]2CN(c3cccc(Cl)c3)C[C@@H]12. The van der Waals surface area contributed by atoms with Crippen molar-refractivity contribution in [3.63, 3.8) is 0 Å². The minimum absolute atomic E-state index is 0.320. The van der Waals surface area contributed by atoms with Crippen molar-refractivity contribution in [1.29, 1.82) is 5.26 Å². The van der Waals surface area contributed by atoms with Gasteiger partial charge < -0.3 is 4.90 Å². The van der Waals surface area contributed by atoms with E-state index >= 15 is 0 Å². The van der Waals surface area contributed by atoms with E-state index in [1.54, 1.807) is 0 Å². The Morgan fingerprint density at radius 3 is 2.67 bits per heavy atom. The van der Waals surface area contributed by atoms with Crippen LogP contribution in [0.25, 0.3) is 0 Å².